The lowest BCUT2D eigenvalue weighted by atomic mass is 9.97. The van der Waals surface area contributed by atoms with Crippen LogP contribution < -0.4 is 27.0 Å². The van der Waals surface area contributed by atoms with Crippen molar-refractivity contribution in [3.8, 4) is 5.75 Å². The Morgan fingerprint density at radius 2 is 1.35 bits per heavy atom. The average Bonchev–Trinajstić information content (AvgIpc) is 2.93. The molecule has 0 aliphatic heterocycles. The van der Waals surface area contributed by atoms with E-state index in [2.05, 4.69) is 21.3 Å². The number of aliphatic hydroxyl groups excluding tert-OH is 2. The van der Waals surface area contributed by atoms with Crippen LogP contribution in [-0.2, 0) is 30.4 Å². The zero-order valence-corrected chi connectivity index (χ0v) is 23.4. The van der Waals surface area contributed by atoms with Gasteiger partial charge in [0.25, 0.3) is 0 Å². The Balaban J connectivity index is 3.07. The summed E-state index contributed by atoms with van der Waals surface area (Å²) in [7, 11) is 0. The first-order chi connectivity index (χ1) is 18.9. The second kappa shape index (κ2) is 17.2. The molecule has 0 unspecified atom stereocenters. The van der Waals surface area contributed by atoms with E-state index in [1.807, 2.05) is 27.7 Å². The van der Waals surface area contributed by atoms with E-state index in [0.29, 0.717) is 18.3 Å². The number of aromatic hydroxyl groups is 1. The van der Waals surface area contributed by atoms with E-state index < -0.39 is 67.1 Å². The summed E-state index contributed by atoms with van der Waals surface area (Å²) >= 11 is 0. The normalized spacial score (nSPS) is 15.6. The minimum absolute atomic E-state index is 0.00653. The number of aliphatic hydroxyl groups is 2. The maximum absolute atomic E-state index is 13.1. The topological polar surface area (TPSA) is 220 Å². The van der Waals surface area contributed by atoms with Gasteiger partial charge in [0.15, 0.2) is 0 Å². The summed E-state index contributed by atoms with van der Waals surface area (Å²) in [6, 6.07) is 0.0221. The van der Waals surface area contributed by atoms with Crippen LogP contribution in [0, 0.1) is 11.8 Å². The fourth-order valence-corrected chi connectivity index (χ4v) is 3.70. The highest BCUT2D eigenvalue weighted by molar-refractivity contribution is 5.95. The number of carbonyl (C=O) groups is 5. The fraction of sp³-hybridized carbons (Fsp3) is 0.593. The Morgan fingerprint density at radius 3 is 1.85 bits per heavy atom. The Kier molecular flexibility index (Phi) is 14.8. The van der Waals surface area contributed by atoms with Crippen LogP contribution in [0.4, 0.5) is 0 Å². The van der Waals surface area contributed by atoms with Gasteiger partial charge in [-0.1, -0.05) is 46.2 Å². The first-order valence-electron chi connectivity index (χ1n) is 13.3. The first-order valence-corrected chi connectivity index (χ1v) is 13.3. The molecule has 0 aliphatic carbocycles. The highest BCUT2D eigenvalue weighted by atomic mass is 16.3. The molecule has 13 heteroatoms. The van der Waals surface area contributed by atoms with Gasteiger partial charge >= 0.3 is 0 Å². The average molecular weight is 566 g/mol. The van der Waals surface area contributed by atoms with Crippen LogP contribution in [0.5, 0.6) is 5.75 Å². The maximum atomic E-state index is 13.1. The molecule has 1 aromatic carbocycles. The van der Waals surface area contributed by atoms with Crippen molar-refractivity contribution in [2.75, 3.05) is 13.2 Å². The summed E-state index contributed by atoms with van der Waals surface area (Å²) in [5.41, 5.74) is 6.55. The van der Waals surface area contributed by atoms with Crippen molar-refractivity contribution in [2.45, 2.75) is 77.2 Å². The van der Waals surface area contributed by atoms with Gasteiger partial charge in [-0.25, -0.2) is 0 Å². The van der Waals surface area contributed by atoms with Gasteiger partial charge in [-0.05, 0) is 36.0 Å². The molecule has 0 spiro atoms. The first kappa shape index (κ1) is 34.5. The van der Waals surface area contributed by atoms with Crippen LogP contribution >= 0.6 is 0 Å². The monoisotopic (exact) mass is 565 g/mol. The number of carbonyl (C=O) groups excluding carboxylic acids is 5. The van der Waals surface area contributed by atoms with Crippen molar-refractivity contribution in [3.05, 3.63) is 29.8 Å². The molecule has 0 saturated heterocycles. The minimum Gasteiger partial charge on any atom is -0.508 e. The van der Waals surface area contributed by atoms with E-state index in [9.17, 15) is 39.3 Å². The Labute approximate surface area is 234 Å². The van der Waals surface area contributed by atoms with Crippen molar-refractivity contribution in [1.82, 2.24) is 21.3 Å². The third-order valence-electron chi connectivity index (χ3n) is 6.41. The zero-order chi connectivity index (χ0) is 30.4. The lowest BCUT2D eigenvalue weighted by Crippen LogP contribution is -2.60. The summed E-state index contributed by atoms with van der Waals surface area (Å²) in [5.74, 6) is -3.06. The molecule has 0 fully saturated rings. The molecular formula is C27H43N5O8. The molecule has 0 aromatic heterocycles. The van der Waals surface area contributed by atoms with Gasteiger partial charge in [-0.2, -0.15) is 0 Å². The van der Waals surface area contributed by atoms with E-state index in [4.69, 9.17) is 5.73 Å². The molecule has 13 nitrogen and oxygen atoms in total. The predicted molar refractivity (Wildman–Crippen MR) is 147 cm³/mol. The quantitative estimate of drug-likeness (QED) is 0.103. The van der Waals surface area contributed by atoms with Crippen LogP contribution in [0.2, 0.25) is 0 Å². The van der Waals surface area contributed by atoms with E-state index in [1.54, 1.807) is 0 Å². The van der Waals surface area contributed by atoms with Crippen molar-refractivity contribution >= 4 is 29.9 Å². The third-order valence-corrected chi connectivity index (χ3v) is 6.41. The SMILES string of the molecule is CC[C@H](C)[C@H](N)C(=O)N[C@@H](CC(C)C)C(=O)N[C@@H](CO)C(=O)N[C@@H](Cc1ccc(O)cc1)C(=O)N[C@H](C=O)CO. The standard InChI is InChI=1S/C27H43N5O8/c1-5-16(4)23(28)27(40)31-20(10-15(2)3)25(38)32-22(14-35)26(39)30-21(24(37)29-18(12-33)13-34)11-17-6-8-19(36)9-7-17/h6-9,12,15-16,18,20-23,34-36H,5,10-11,13-14,28H2,1-4H3,(H,29,37)(H,30,39)(H,31,40)(H,32,38)/t16-,18+,20-,21-,22-,23-/m0/s1. The molecule has 40 heavy (non-hydrogen) atoms. The summed E-state index contributed by atoms with van der Waals surface area (Å²) in [4.78, 5) is 62.7. The number of phenolic OH excluding ortho intramolecular Hbond substituents is 1. The van der Waals surface area contributed by atoms with Crippen LogP contribution in [-0.4, -0.2) is 88.7 Å². The molecule has 224 valence electrons. The molecule has 0 saturated carbocycles. The third kappa shape index (κ3) is 11.3. The molecule has 1 aromatic rings. The number of amides is 4. The lowest BCUT2D eigenvalue weighted by molar-refractivity contribution is -0.135. The minimum atomic E-state index is -1.47. The number of hydrogen-bond acceptors (Lipinski definition) is 9. The second-order valence-corrected chi connectivity index (χ2v) is 10.2. The molecule has 9 N–H and O–H groups in total. The Hall–Kier alpha value is -3.55. The zero-order valence-electron chi connectivity index (χ0n) is 23.4. The van der Waals surface area contributed by atoms with E-state index in [-0.39, 0.29) is 30.4 Å². The summed E-state index contributed by atoms with van der Waals surface area (Å²) in [6.45, 7) is 5.93. The number of benzene rings is 1. The predicted octanol–water partition coefficient (Wildman–Crippen LogP) is -1.52. The van der Waals surface area contributed by atoms with Crippen LogP contribution in [0.15, 0.2) is 24.3 Å². The summed E-state index contributed by atoms with van der Waals surface area (Å²) < 4.78 is 0. The summed E-state index contributed by atoms with van der Waals surface area (Å²) in [6.07, 6.45) is 1.17. The molecule has 4 amide bonds. The molecule has 0 aliphatic rings. The number of aldehydes is 1. The second-order valence-electron chi connectivity index (χ2n) is 10.2. The molecule has 0 bridgehead atoms. The largest absolute Gasteiger partial charge is 0.508 e. The lowest BCUT2D eigenvalue weighted by Gasteiger charge is -2.27. The van der Waals surface area contributed by atoms with Crippen molar-refractivity contribution in [2.24, 2.45) is 17.6 Å². The number of rotatable bonds is 17. The van der Waals surface area contributed by atoms with Crippen molar-refractivity contribution < 1.29 is 39.3 Å². The smallest absolute Gasteiger partial charge is 0.245 e. The highest BCUT2D eigenvalue weighted by Crippen LogP contribution is 2.12. The molecular weight excluding hydrogens is 522 g/mol. The van der Waals surface area contributed by atoms with Gasteiger partial charge in [0, 0.05) is 6.42 Å². The molecule has 0 heterocycles. The van der Waals surface area contributed by atoms with Gasteiger partial charge in [0.05, 0.1) is 19.3 Å². The Bertz CT molecular complexity index is 988. The van der Waals surface area contributed by atoms with Gasteiger partial charge in [0.2, 0.25) is 23.6 Å². The van der Waals surface area contributed by atoms with Gasteiger partial charge in [-0.3, -0.25) is 19.2 Å². The maximum Gasteiger partial charge on any atom is 0.245 e. The fourth-order valence-electron chi connectivity index (χ4n) is 3.70. The van der Waals surface area contributed by atoms with Crippen LogP contribution in [0.1, 0.15) is 46.1 Å². The van der Waals surface area contributed by atoms with E-state index in [1.165, 1.54) is 24.3 Å². The number of nitrogens with two attached hydrogens (primary N) is 1. The number of hydrogen-bond donors (Lipinski definition) is 8. The van der Waals surface area contributed by atoms with Crippen molar-refractivity contribution in [3.63, 3.8) is 0 Å². The molecule has 1 rings (SSSR count). The van der Waals surface area contributed by atoms with E-state index >= 15 is 0 Å². The number of phenols is 1. The summed E-state index contributed by atoms with van der Waals surface area (Å²) in [5, 5.41) is 38.5. The molecule has 0 radical (unpaired) electrons. The highest BCUT2D eigenvalue weighted by Gasteiger charge is 2.31. The Morgan fingerprint density at radius 1 is 0.825 bits per heavy atom. The van der Waals surface area contributed by atoms with Gasteiger partial charge in [0.1, 0.15) is 36.2 Å². The van der Waals surface area contributed by atoms with Crippen LogP contribution in [0.25, 0.3) is 0 Å². The van der Waals surface area contributed by atoms with E-state index in [0.717, 1.165) is 0 Å². The molecule has 6 atom stereocenters. The van der Waals surface area contributed by atoms with Crippen molar-refractivity contribution in [1.29, 1.82) is 0 Å². The number of nitrogens with one attached hydrogen (secondary N) is 4. The van der Waals surface area contributed by atoms with Gasteiger partial charge < -0.3 is 47.1 Å². The van der Waals surface area contributed by atoms with Gasteiger partial charge in [-0.15, -0.1) is 0 Å². The van der Waals surface area contributed by atoms with Crippen LogP contribution in [0.3, 0.4) is 0 Å².